The van der Waals surface area contributed by atoms with Crippen LogP contribution in [-0.2, 0) is 0 Å². The van der Waals surface area contributed by atoms with Gasteiger partial charge in [-0.2, -0.15) is 0 Å². The van der Waals surface area contributed by atoms with Crippen molar-refractivity contribution in [1.82, 2.24) is 4.90 Å². The van der Waals surface area contributed by atoms with Crippen molar-refractivity contribution >= 4 is 11.4 Å². The molecule has 2 fully saturated rings. The molecule has 2 saturated heterocycles. The lowest BCUT2D eigenvalue weighted by Crippen LogP contribution is -2.46. The number of nitro groups is 1. The molecule has 0 N–H and O–H groups in total. The lowest BCUT2D eigenvalue weighted by atomic mass is 10.1. The van der Waals surface area contributed by atoms with Gasteiger partial charge < -0.3 is 4.90 Å². The van der Waals surface area contributed by atoms with E-state index < -0.39 is 0 Å². The van der Waals surface area contributed by atoms with Crippen LogP contribution in [0.3, 0.4) is 0 Å². The van der Waals surface area contributed by atoms with Crippen molar-refractivity contribution in [2.24, 2.45) is 0 Å². The van der Waals surface area contributed by atoms with Crippen LogP contribution in [0.2, 0.25) is 0 Å². The van der Waals surface area contributed by atoms with Crippen molar-refractivity contribution in [1.29, 1.82) is 0 Å². The molecule has 0 saturated carbocycles. The largest absolute Gasteiger partial charge is 0.366 e. The van der Waals surface area contributed by atoms with E-state index in [2.05, 4.69) is 9.80 Å². The van der Waals surface area contributed by atoms with Crippen LogP contribution in [0.15, 0.2) is 24.3 Å². The molecule has 0 aliphatic carbocycles. The van der Waals surface area contributed by atoms with Gasteiger partial charge in [-0.1, -0.05) is 0 Å². The second kappa shape index (κ2) is 4.00. The monoisotopic (exact) mass is 233 g/mol. The molecule has 2 bridgehead atoms. The summed E-state index contributed by atoms with van der Waals surface area (Å²) in [6.07, 6.45) is 1.21. The maximum Gasteiger partial charge on any atom is 0.269 e. The summed E-state index contributed by atoms with van der Waals surface area (Å²) in [7, 11) is 0. The maximum atomic E-state index is 10.6. The van der Waals surface area contributed by atoms with Gasteiger partial charge in [-0.25, -0.2) is 0 Å². The lowest BCUT2D eigenvalue weighted by molar-refractivity contribution is -0.384. The third kappa shape index (κ3) is 1.86. The molecule has 90 valence electrons. The molecule has 0 amide bonds. The minimum atomic E-state index is -0.350. The molecule has 2 aliphatic rings. The highest BCUT2D eigenvalue weighted by molar-refractivity contribution is 5.52. The first kappa shape index (κ1) is 10.5. The van der Waals surface area contributed by atoms with E-state index in [0.717, 1.165) is 25.3 Å². The van der Waals surface area contributed by atoms with Crippen molar-refractivity contribution in [3.8, 4) is 0 Å². The van der Waals surface area contributed by atoms with Gasteiger partial charge in [0.1, 0.15) is 0 Å². The summed E-state index contributed by atoms with van der Waals surface area (Å²) in [4.78, 5) is 15.1. The fourth-order valence-corrected chi connectivity index (χ4v) is 2.81. The summed E-state index contributed by atoms with van der Waals surface area (Å²) >= 11 is 0. The van der Waals surface area contributed by atoms with E-state index in [0.29, 0.717) is 6.04 Å². The molecule has 17 heavy (non-hydrogen) atoms. The molecule has 3 rings (SSSR count). The predicted octanol–water partition coefficient (Wildman–Crippen LogP) is 1.49. The van der Waals surface area contributed by atoms with E-state index in [1.165, 1.54) is 13.0 Å². The first-order valence-corrected chi connectivity index (χ1v) is 5.97. The van der Waals surface area contributed by atoms with Crippen LogP contribution >= 0.6 is 0 Å². The van der Waals surface area contributed by atoms with Gasteiger partial charge in [0.2, 0.25) is 0 Å². The SMILES string of the molecule is O=[N+]([O-])c1ccc(N2CCN3CCC2C3)cc1. The summed E-state index contributed by atoms with van der Waals surface area (Å²) in [5.74, 6) is 0. The summed E-state index contributed by atoms with van der Waals surface area (Å²) in [6, 6.07) is 7.51. The third-order valence-corrected chi connectivity index (χ3v) is 3.74. The van der Waals surface area contributed by atoms with E-state index in [9.17, 15) is 10.1 Å². The molecule has 2 aliphatic heterocycles. The van der Waals surface area contributed by atoms with Gasteiger partial charge in [0.25, 0.3) is 5.69 Å². The molecule has 5 nitrogen and oxygen atoms in total. The molecule has 5 heteroatoms. The highest BCUT2D eigenvalue weighted by Gasteiger charge is 2.32. The normalized spacial score (nSPS) is 27.2. The van der Waals surface area contributed by atoms with Crippen molar-refractivity contribution in [3.63, 3.8) is 0 Å². The standard InChI is InChI=1S/C12H15N3O2/c16-15(17)11-3-1-10(2-4-11)14-8-7-13-6-5-12(14)9-13/h1-4,12H,5-9H2. The smallest absolute Gasteiger partial charge is 0.269 e. The van der Waals surface area contributed by atoms with Crippen LogP contribution in [0, 0.1) is 10.1 Å². The Morgan fingerprint density at radius 1 is 1.18 bits per heavy atom. The molecule has 2 unspecified atom stereocenters. The molecule has 2 heterocycles. The quantitative estimate of drug-likeness (QED) is 0.573. The zero-order chi connectivity index (χ0) is 11.8. The minimum absolute atomic E-state index is 0.166. The van der Waals surface area contributed by atoms with Gasteiger partial charge in [-0.3, -0.25) is 15.0 Å². The lowest BCUT2D eigenvalue weighted by Gasteiger charge is -2.36. The van der Waals surface area contributed by atoms with Crippen LogP contribution < -0.4 is 4.90 Å². The van der Waals surface area contributed by atoms with Gasteiger partial charge in [-0.15, -0.1) is 0 Å². The summed E-state index contributed by atoms with van der Waals surface area (Å²) < 4.78 is 0. The van der Waals surface area contributed by atoms with Gasteiger partial charge in [-0.05, 0) is 18.6 Å². The van der Waals surface area contributed by atoms with E-state index in [-0.39, 0.29) is 10.6 Å². The first-order valence-electron chi connectivity index (χ1n) is 5.97. The topological polar surface area (TPSA) is 49.6 Å². The summed E-state index contributed by atoms with van der Waals surface area (Å²) in [5.41, 5.74) is 1.28. The number of anilines is 1. The van der Waals surface area contributed by atoms with E-state index in [4.69, 9.17) is 0 Å². The van der Waals surface area contributed by atoms with Gasteiger partial charge in [0.05, 0.1) is 4.92 Å². The van der Waals surface area contributed by atoms with Crippen molar-refractivity contribution in [2.45, 2.75) is 12.5 Å². The Kier molecular flexibility index (Phi) is 2.48. The Labute approximate surface area is 99.8 Å². The molecular weight excluding hydrogens is 218 g/mol. The van der Waals surface area contributed by atoms with Crippen molar-refractivity contribution in [2.75, 3.05) is 31.1 Å². The average Bonchev–Trinajstić information content (AvgIpc) is 2.72. The van der Waals surface area contributed by atoms with Crippen molar-refractivity contribution in [3.05, 3.63) is 34.4 Å². The number of rotatable bonds is 2. The molecule has 0 aromatic heterocycles. The predicted molar refractivity (Wildman–Crippen MR) is 65.3 cm³/mol. The molecule has 2 atom stereocenters. The number of fused-ring (bicyclic) bond motifs is 2. The minimum Gasteiger partial charge on any atom is -0.366 e. The summed E-state index contributed by atoms with van der Waals surface area (Å²) in [6.45, 7) is 4.46. The van der Waals surface area contributed by atoms with Gasteiger partial charge in [0, 0.05) is 50.0 Å². The number of hydrogen-bond donors (Lipinski definition) is 0. The zero-order valence-electron chi connectivity index (χ0n) is 9.58. The number of piperazine rings is 1. The maximum absolute atomic E-state index is 10.6. The Morgan fingerprint density at radius 3 is 2.65 bits per heavy atom. The van der Waals surface area contributed by atoms with Crippen LogP contribution in [0.4, 0.5) is 11.4 Å². The third-order valence-electron chi connectivity index (χ3n) is 3.74. The highest BCUT2D eigenvalue weighted by Crippen LogP contribution is 2.27. The molecule has 0 radical (unpaired) electrons. The molecule has 0 spiro atoms. The second-order valence-corrected chi connectivity index (χ2v) is 4.71. The number of nitrogens with zero attached hydrogens (tertiary/aromatic N) is 3. The molecule has 1 aromatic carbocycles. The van der Waals surface area contributed by atoms with E-state index >= 15 is 0 Å². The van der Waals surface area contributed by atoms with Crippen LogP contribution in [0.5, 0.6) is 0 Å². The average molecular weight is 233 g/mol. The molecular formula is C12H15N3O2. The molecule has 1 aromatic rings. The van der Waals surface area contributed by atoms with Gasteiger partial charge >= 0.3 is 0 Å². The van der Waals surface area contributed by atoms with E-state index in [1.54, 1.807) is 12.1 Å². The number of hydrogen-bond acceptors (Lipinski definition) is 4. The number of benzene rings is 1. The number of nitro benzene ring substituents is 1. The fraction of sp³-hybridized carbons (Fsp3) is 0.500. The Bertz CT molecular complexity index is 432. The Morgan fingerprint density at radius 2 is 1.94 bits per heavy atom. The van der Waals surface area contributed by atoms with Crippen LogP contribution in [-0.4, -0.2) is 42.0 Å². The first-order chi connectivity index (χ1) is 8.24. The second-order valence-electron chi connectivity index (χ2n) is 4.71. The van der Waals surface area contributed by atoms with Crippen molar-refractivity contribution < 1.29 is 4.92 Å². The van der Waals surface area contributed by atoms with Crippen LogP contribution in [0.1, 0.15) is 6.42 Å². The Balaban J connectivity index is 1.81. The number of non-ortho nitro benzene ring substituents is 1. The fourth-order valence-electron chi connectivity index (χ4n) is 2.81. The van der Waals surface area contributed by atoms with Crippen LogP contribution in [0.25, 0.3) is 0 Å². The van der Waals surface area contributed by atoms with E-state index in [1.807, 2.05) is 12.1 Å². The highest BCUT2D eigenvalue weighted by atomic mass is 16.6. The van der Waals surface area contributed by atoms with Gasteiger partial charge in [0.15, 0.2) is 0 Å². The Hall–Kier alpha value is -1.62. The summed E-state index contributed by atoms with van der Waals surface area (Å²) in [5, 5.41) is 10.6. The zero-order valence-corrected chi connectivity index (χ0v) is 9.58.